The van der Waals surface area contributed by atoms with E-state index in [9.17, 15) is 9.59 Å². The number of furan rings is 1. The molecule has 1 heterocycles. The first kappa shape index (κ1) is 14.6. The van der Waals surface area contributed by atoms with E-state index in [1.54, 1.807) is 6.92 Å². The van der Waals surface area contributed by atoms with Crippen LogP contribution in [0.15, 0.2) is 28.9 Å². The second kappa shape index (κ2) is 7.04. The summed E-state index contributed by atoms with van der Waals surface area (Å²) in [5.41, 5.74) is 0. The van der Waals surface area contributed by atoms with E-state index < -0.39 is 11.9 Å². The van der Waals surface area contributed by atoms with Crippen LogP contribution in [-0.4, -0.2) is 25.2 Å². The van der Waals surface area contributed by atoms with Crippen molar-refractivity contribution < 1.29 is 26.5 Å². The van der Waals surface area contributed by atoms with E-state index in [-0.39, 0.29) is 24.7 Å². The predicted octanol–water partition coefficient (Wildman–Crippen LogP) is 2.49. The van der Waals surface area contributed by atoms with E-state index in [2.05, 4.69) is 9.65 Å². The standard InChI is InChI=1S/C11H11IO6/c1-7(2)15-5-6-16-10(13)8-3-4-9(17-8)11(14)18-12/h3-4H,1,5-6H2,2H3. The largest absolute Gasteiger partial charge is 0.495 e. The van der Waals surface area contributed by atoms with Crippen LogP contribution >= 0.6 is 23.0 Å². The number of ether oxygens (including phenoxy) is 2. The highest BCUT2D eigenvalue weighted by Gasteiger charge is 2.17. The van der Waals surface area contributed by atoms with Crippen LogP contribution in [0.1, 0.15) is 28.0 Å². The Balaban J connectivity index is 2.44. The molecule has 0 bridgehead atoms. The summed E-state index contributed by atoms with van der Waals surface area (Å²) < 4.78 is 19.2. The van der Waals surface area contributed by atoms with Crippen LogP contribution in [0.5, 0.6) is 0 Å². The first-order chi connectivity index (χ1) is 8.54. The molecule has 18 heavy (non-hydrogen) atoms. The number of allylic oxidation sites excluding steroid dienone is 1. The van der Waals surface area contributed by atoms with Crippen molar-refractivity contribution in [2.45, 2.75) is 6.92 Å². The van der Waals surface area contributed by atoms with Gasteiger partial charge < -0.3 is 17.0 Å². The Bertz CT molecular complexity index is 450. The van der Waals surface area contributed by atoms with E-state index >= 15 is 0 Å². The molecule has 0 spiro atoms. The second-order valence-corrected chi connectivity index (χ2v) is 3.66. The molecular formula is C11H11IO6. The number of esters is 1. The van der Waals surface area contributed by atoms with Crippen LogP contribution < -0.4 is 0 Å². The molecule has 0 amide bonds. The number of hydrogen-bond donors (Lipinski definition) is 0. The minimum absolute atomic E-state index is 0.0606. The summed E-state index contributed by atoms with van der Waals surface area (Å²) in [6.07, 6.45) is 0. The van der Waals surface area contributed by atoms with Gasteiger partial charge in [0.2, 0.25) is 11.5 Å². The summed E-state index contributed by atoms with van der Waals surface area (Å²) in [4.78, 5) is 22.5. The average molecular weight is 366 g/mol. The molecule has 0 fully saturated rings. The molecule has 0 saturated carbocycles. The Kier molecular flexibility index (Phi) is 5.69. The number of hydrogen-bond acceptors (Lipinski definition) is 6. The van der Waals surface area contributed by atoms with Gasteiger partial charge in [0.15, 0.2) is 23.0 Å². The first-order valence-electron chi connectivity index (χ1n) is 4.92. The summed E-state index contributed by atoms with van der Waals surface area (Å²) in [7, 11) is 0. The monoisotopic (exact) mass is 366 g/mol. The maximum absolute atomic E-state index is 11.5. The summed E-state index contributed by atoms with van der Waals surface area (Å²) in [6.45, 7) is 5.50. The maximum Gasteiger partial charge on any atom is 0.383 e. The molecule has 0 atom stereocenters. The van der Waals surface area contributed by atoms with Gasteiger partial charge in [0.25, 0.3) is 0 Å². The van der Waals surface area contributed by atoms with Crippen molar-refractivity contribution in [3.05, 3.63) is 36.0 Å². The summed E-state index contributed by atoms with van der Waals surface area (Å²) >= 11 is 1.43. The first-order valence-corrected chi connectivity index (χ1v) is 5.81. The van der Waals surface area contributed by atoms with Crippen LogP contribution in [0.25, 0.3) is 0 Å². The molecule has 0 aromatic carbocycles. The minimum atomic E-state index is -0.673. The van der Waals surface area contributed by atoms with Crippen LogP contribution in [0, 0.1) is 0 Å². The average Bonchev–Trinajstić information content (AvgIpc) is 2.82. The molecule has 1 rings (SSSR count). The van der Waals surface area contributed by atoms with Gasteiger partial charge in [-0.3, -0.25) is 0 Å². The Morgan fingerprint density at radius 2 is 1.78 bits per heavy atom. The lowest BCUT2D eigenvalue weighted by Gasteiger charge is -2.05. The maximum atomic E-state index is 11.5. The van der Waals surface area contributed by atoms with Crippen LogP contribution in [0.3, 0.4) is 0 Å². The Labute approximate surface area is 118 Å². The molecule has 0 N–H and O–H groups in total. The molecule has 0 unspecified atom stereocenters. The van der Waals surface area contributed by atoms with Crippen LogP contribution in [0.2, 0.25) is 0 Å². The summed E-state index contributed by atoms with van der Waals surface area (Å²) in [5.74, 6) is -0.930. The highest BCUT2D eigenvalue weighted by atomic mass is 127. The number of halogens is 1. The van der Waals surface area contributed by atoms with Gasteiger partial charge in [-0.1, -0.05) is 6.58 Å². The van der Waals surface area contributed by atoms with Crippen molar-refractivity contribution in [1.82, 2.24) is 0 Å². The molecule has 0 aliphatic heterocycles. The lowest BCUT2D eigenvalue weighted by molar-refractivity contribution is 0.0366. The van der Waals surface area contributed by atoms with E-state index in [1.807, 2.05) is 0 Å². The molecule has 0 saturated heterocycles. The second-order valence-electron chi connectivity index (χ2n) is 3.21. The van der Waals surface area contributed by atoms with Gasteiger partial charge in [0, 0.05) is 0 Å². The normalized spacial score (nSPS) is 9.67. The third kappa shape index (κ3) is 4.40. The van der Waals surface area contributed by atoms with Crippen LogP contribution in [-0.2, 0) is 12.5 Å². The number of rotatable bonds is 6. The van der Waals surface area contributed by atoms with Crippen molar-refractivity contribution in [1.29, 1.82) is 0 Å². The predicted molar refractivity (Wildman–Crippen MR) is 69.2 cm³/mol. The molecule has 1 aromatic rings. The topological polar surface area (TPSA) is 75.0 Å². The molecule has 0 radical (unpaired) electrons. The van der Waals surface area contributed by atoms with Gasteiger partial charge in [0.05, 0.1) is 5.76 Å². The minimum Gasteiger partial charge on any atom is -0.495 e. The van der Waals surface area contributed by atoms with Crippen molar-refractivity contribution in [3.8, 4) is 0 Å². The summed E-state index contributed by atoms with van der Waals surface area (Å²) in [5, 5.41) is 0. The SMILES string of the molecule is C=C(C)OCCOC(=O)c1ccc(C(=O)OI)o1. The quantitative estimate of drug-likeness (QED) is 0.333. The Morgan fingerprint density at radius 3 is 2.33 bits per heavy atom. The molecule has 0 aliphatic rings. The van der Waals surface area contributed by atoms with E-state index in [1.165, 1.54) is 35.1 Å². The van der Waals surface area contributed by atoms with Crippen molar-refractivity contribution in [2.24, 2.45) is 0 Å². The Morgan fingerprint density at radius 1 is 1.22 bits per heavy atom. The third-order valence-electron chi connectivity index (χ3n) is 1.74. The summed E-state index contributed by atoms with van der Waals surface area (Å²) in [6, 6.07) is 2.67. The molecule has 1 aromatic heterocycles. The lowest BCUT2D eigenvalue weighted by Crippen LogP contribution is -2.09. The molecule has 6 nitrogen and oxygen atoms in total. The van der Waals surface area contributed by atoms with E-state index in [0.29, 0.717) is 5.76 Å². The fourth-order valence-corrected chi connectivity index (χ4v) is 1.23. The van der Waals surface area contributed by atoms with Gasteiger partial charge in [-0.05, 0) is 19.1 Å². The Hall–Kier alpha value is -1.51. The third-order valence-corrected chi connectivity index (χ3v) is 2.14. The highest BCUT2D eigenvalue weighted by molar-refractivity contribution is 14.1. The lowest BCUT2D eigenvalue weighted by atomic mass is 10.4. The molecule has 7 heteroatoms. The number of carbonyl (C=O) groups excluding carboxylic acids is 2. The zero-order valence-corrected chi connectivity index (χ0v) is 11.8. The van der Waals surface area contributed by atoms with Gasteiger partial charge in [-0.15, -0.1) is 0 Å². The zero-order valence-electron chi connectivity index (χ0n) is 9.60. The number of carbonyl (C=O) groups is 2. The fourth-order valence-electron chi connectivity index (χ4n) is 1.02. The van der Waals surface area contributed by atoms with Gasteiger partial charge in [-0.2, -0.15) is 0 Å². The molecule has 98 valence electrons. The van der Waals surface area contributed by atoms with Crippen molar-refractivity contribution >= 4 is 34.9 Å². The van der Waals surface area contributed by atoms with E-state index in [0.717, 1.165) is 0 Å². The van der Waals surface area contributed by atoms with Gasteiger partial charge in [-0.25, -0.2) is 9.59 Å². The smallest absolute Gasteiger partial charge is 0.383 e. The molecule has 0 aliphatic carbocycles. The van der Waals surface area contributed by atoms with Crippen molar-refractivity contribution in [2.75, 3.05) is 13.2 Å². The van der Waals surface area contributed by atoms with Gasteiger partial charge >= 0.3 is 11.9 Å². The van der Waals surface area contributed by atoms with Gasteiger partial charge in [0.1, 0.15) is 13.2 Å². The highest BCUT2D eigenvalue weighted by Crippen LogP contribution is 2.11. The zero-order chi connectivity index (χ0) is 13.5. The fraction of sp³-hybridized carbons (Fsp3) is 0.273. The van der Waals surface area contributed by atoms with Crippen LogP contribution in [0.4, 0.5) is 0 Å². The molecular weight excluding hydrogens is 355 g/mol. The van der Waals surface area contributed by atoms with Crippen molar-refractivity contribution in [3.63, 3.8) is 0 Å². The van der Waals surface area contributed by atoms with E-state index in [4.69, 9.17) is 13.9 Å².